The van der Waals surface area contributed by atoms with Crippen LogP contribution in [0.25, 0.3) is 11.0 Å². The molecule has 1 amide bonds. The number of benzene rings is 2. The fraction of sp³-hybridized carbons (Fsp3) is 0.222. The summed E-state index contributed by atoms with van der Waals surface area (Å²) in [5.41, 5.74) is 2.36. The molecule has 0 bridgehead atoms. The molecule has 3 aromatic rings. The summed E-state index contributed by atoms with van der Waals surface area (Å²) in [6.07, 6.45) is 0. The first-order valence-electron chi connectivity index (χ1n) is 7.71. The molecule has 1 heterocycles. The summed E-state index contributed by atoms with van der Waals surface area (Å²) in [5, 5.41) is 2.82. The molecule has 0 radical (unpaired) electrons. The maximum absolute atomic E-state index is 12.3. The van der Waals surface area contributed by atoms with Crippen LogP contribution in [0.5, 0.6) is 0 Å². The summed E-state index contributed by atoms with van der Waals surface area (Å²) in [7, 11) is 0.839. The summed E-state index contributed by atoms with van der Waals surface area (Å²) in [6.45, 7) is 2.29. The van der Waals surface area contributed by atoms with Crippen molar-refractivity contribution in [2.75, 3.05) is 12.3 Å². The standard InChI is InChI=1S/C18H19N3O2S/c1-13-20-16-12-14(8-9-17(16)21(13)2)18(22)19-10-11-24(23)15-6-4-3-5-7-15/h3-9,12H,10-11H2,1-2H3,(H,19,22). The quantitative estimate of drug-likeness (QED) is 0.775. The highest BCUT2D eigenvalue weighted by atomic mass is 32.2. The minimum Gasteiger partial charge on any atom is -0.351 e. The predicted molar refractivity (Wildman–Crippen MR) is 95.5 cm³/mol. The monoisotopic (exact) mass is 341 g/mol. The number of aryl methyl sites for hydroxylation is 2. The van der Waals surface area contributed by atoms with Gasteiger partial charge in [0.15, 0.2) is 0 Å². The number of nitrogens with zero attached hydrogens (tertiary/aromatic N) is 2. The number of carbonyl (C=O) groups is 1. The Balaban J connectivity index is 1.62. The van der Waals surface area contributed by atoms with Crippen LogP contribution < -0.4 is 5.32 Å². The van der Waals surface area contributed by atoms with Gasteiger partial charge >= 0.3 is 0 Å². The van der Waals surface area contributed by atoms with E-state index in [1.807, 2.05) is 54.9 Å². The van der Waals surface area contributed by atoms with Crippen molar-refractivity contribution < 1.29 is 9.00 Å². The average Bonchev–Trinajstić information content (AvgIpc) is 2.89. The third-order valence-electron chi connectivity index (χ3n) is 3.95. The van der Waals surface area contributed by atoms with Crippen molar-refractivity contribution in [3.05, 3.63) is 59.9 Å². The van der Waals surface area contributed by atoms with E-state index in [4.69, 9.17) is 0 Å². The second kappa shape index (κ2) is 6.97. The molecule has 2 aromatic carbocycles. The second-order valence-electron chi connectivity index (χ2n) is 5.54. The molecular formula is C18H19N3O2S. The van der Waals surface area contributed by atoms with Crippen LogP contribution in [-0.4, -0.2) is 32.0 Å². The first-order chi connectivity index (χ1) is 11.6. The van der Waals surface area contributed by atoms with Crippen LogP contribution in [0, 0.1) is 6.92 Å². The van der Waals surface area contributed by atoms with E-state index in [0.29, 0.717) is 17.9 Å². The molecule has 0 aliphatic rings. The number of amides is 1. The Morgan fingerprint density at radius 1 is 1.21 bits per heavy atom. The Labute approximate surface area is 143 Å². The third-order valence-corrected chi connectivity index (χ3v) is 5.32. The topological polar surface area (TPSA) is 64.0 Å². The first-order valence-corrected chi connectivity index (χ1v) is 9.03. The van der Waals surface area contributed by atoms with Crippen LogP contribution >= 0.6 is 0 Å². The zero-order chi connectivity index (χ0) is 17.1. The number of aromatic nitrogens is 2. The largest absolute Gasteiger partial charge is 0.351 e. The van der Waals surface area contributed by atoms with Crippen LogP contribution in [0.15, 0.2) is 53.4 Å². The van der Waals surface area contributed by atoms with E-state index in [0.717, 1.165) is 21.8 Å². The highest BCUT2D eigenvalue weighted by Crippen LogP contribution is 2.16. The van der Waals surface area contributed by atoms with Crippen LogP contribution in [-0.2, 0) is 17.8 Å². The lowest BCUT2D eigenvalue weighted by Crippen LogP contribution is -2.27. The van der Waals surface area contributed by atoms with Gasteiger partial charge in [-0.25, -0.2) is 4.98 Å². The van der Waals surface area contributed by atoms with Gasteiger partial charge < -0.3 is 9.88 Å². The van der Waals surface area contributed by atoms with E-state index in [1.54, 1.807) is 12.1 Å². The van der Waals surface area contributed by atoms with Gasteiger partial charge in [0.1, 0.15) is 5.82 Å². The van der Waals surface area contributed by atoms with Gasteiger partial charge in [-0.2, -0.15) is 0 Å². The van der Waals surface area contributed by atoms with Crippen molar-refractivity contribution in [1.29, 1.82) is 0 Å². The van der Waals surface area contributed by atoms with Gasteiger partial charge in [-0.1, -0.05) is 18.2 Å². The number of rotatable bonds is 5. The van der Waals surface area contributed by atoms with E-state index < -0.39 is 10.8 Å². The molecule has 1 unspecified atom stereocenters. The summed E-state index contributed by atoms with van der Waals surface area (Å²) in [4.78, 5) is 17.5. The molecule has 1 N–H and O–H groups in total. The summed E-state index contributed by atoms with van der Waals surface area (Å²) in [5.74, 6) is 1.12. The van der Waals surface area contributed by atoms with Gasteiger partial charge in [-0.3, -0.25) is 9.00 Å². The first kappa shape index (κ1) is 16.4. The smallest absolute Gasteiger partial charge is 0.251 e. The minimum absolute atomic E-state index is 0.176. The number of imidazole rings is 1. The maximum Gasteiger partial charge on any atom is 0.251 e. The van der Waals surface area contributed by atoms with Gasteiger partial charge in [0.05, 0.1) is 21.8 Å². The van der Waals surface area contributed by atoms with Gasteiger partial charge in [0.2, 0.25) is 0 Å². The number of nitrogens with one attached hydrogen (secondary N) is 1. The average molecular weight is 341 g/mol. The van der Waals surface area contributed by atoms with Crippen molar-refractivity contribution in [1.82, 2.24) is 14.9 Å². The van der Waals surface area contributed by atoms with Gasteiger partial charge in [-0.05, 0) is 37.3 Å². The Morgan fingerprint density at radius 3 is 2.71 bits per heavy atom. The van der Waals surface area contributed by atoms with Crippen molar-refractivity contribution >= 4 is 27.7 Å². The molecule has 24 heavy (non-hydrogen) atoms. The molecule has 124 valence electrons. The molecule has 0 saturated carbocycles. The second-order valence-corrected chi connectivity index (χ2v) is 7.11. The van der Waals surface area contributed by atoms with E-state index in [1.165, 1.54) is 0 Å². The summed E-state index contributed by atoms with van der Waals surface area (Å²) in [6, 6.07) is 14.7. The van der Waals surface area contributed by atoms with Gasteiger partial charge in [0.25, 0.3) is 5.91 Å². The lowest BCUT2D eigenvalue weighted by molar-refractivity contribution is 0.0956. The van der Waals surface area contributed by atoms with E-state index in [2.05, 4.69) is 10.3 Å². The Kier molecular flexibility index (Phi) is 4.76. The van der Waals surface area contributed by atoms with Crippen molar-refractivity contribution in [2.45, 2.75) is 11.8 Å². The predicted octanol–water partition coefficient (Wildman–Crippen LogP) is 2.42. The summed E-state index contributed by atoms with van der Waals surface area (Å²) >= 11 is 0. The fourth-order valence-electron chi connectivity index (χ4n) is 2.51. The Hall–Kier alpha value is -2.47. The molecule has 0 aliphatic carbocycles. The number of carbonyl (C=O) groups excluding carboxylic acids is 1. The molecule has 5 nitrogen and oxygen atoms in total. The summed E-state index contributed by atoms with van der Waals surface area (Å²) < 4.78 is 14.1. The Bertz CT molecular complexity index is 903. The normalized spacial score (nSPS) is 12.2. The Morgan fingerprint density at radius 2 is 1.96 bits per heavy atom. The van der Waals surface area contributed by atoms with E-state index in [-0.39, 0.29) is 5.91 Å². The number of hydrogen-bond acceptors (Lipinski definition) is 3. The lowest BCUT2D eigenvalue weighted by atomic mass is 10.2. The molecule has 0 aliphatic heterocycles. The zero-order valence-corrected chi connectivity index (χ0v) is 14.5. The highest BCUT2D eigenvalue weighted by molar-refractivity contribution is 7.85. The van der Waals surface area contributed by atoms with Crippen LogP contribution in [0.1, 0.15) is 16.2 Å². The van der Waals surface area contributed by atoms with Gasteiger partial charge in [-0.15, -0.1) is 0 Å². The van der Waals surface area contributed by atoms with Crippen LogP contribution in [0.2, 0.25) is 0 Å². The highest BCUT2D eigenvalue weighted by Gasteiger charge is 2.10. The molecular weight excluding hydrogens is 322 g/mol. The molecule has 0 fully saturated rings. The minimum atomic E-state index is -1.11. The van der Waals surface area contributed by atoms with Crippen molar-refractivity contribution in [3.8, 4) is 0 Å². The molecule has 1 atom stereocenters. The third kappa shape index (κ3) is 3.38. The molecule has 6 heteroatoms. The maximum atomic E-state index is 12.3. The fourth-order valence-corrected chi connectivity index (χ4v) is 3.49. The lowest BCUT2D eigenvalue weighted by Gasteiger charge is -2.06. The molecule has 1 aromatic heterocycles. The van der Waals surface area contributed by atoms with Crippen molar-refractivity contribution in [3.63, 3.8) is 0 Å². The molecule has 0 saturated heterocycles. The van der Waals surface area contributed by atoms with Crippen LogP contribution in [0.3, 0.4) is 0 Å². The van der Waals surface area contributed by atoms with E-state index in [9.17, 15) is 9.00 Å². The SMILES string of the molecule is Cc1nc2cc(C(=O)NCCS(=O)c3ccccc3)ccc2n1C. The van der Waals surface area contributed by atoms with Crippen molar-refractivity contribution in [2.24, 2.45) is 7.05 Å². The van der Waals surface area contributed by atoms with Gasteiger partial charge in [0, 0.05) is 29.8 Å². The molecule has 0 spiro atoms. The van der Waals surface area contributed by atoms with Crippen LogP contribution in [0.4, 0.5) is 0 Å². The number of fused-ring (bicyclic) bond motifs is 1. The zero-order valence-electron chi connectivity index (χ0n) is 13.7. The molecule has 3 rings (SSSR count). The van der Waals surface area contributed by atoms with E-state index >= 15 is 0 Å². The number of hydrogen-bond donors (Lipinski definition) is 1.